The summed E-state index contributed by atoms with van der Waals surface area (Å²) in [5, 5.41) is 9.81. The summed E-state index contributed by atoms with van der Waals surface area (Å²) in [6.07, 6.45) is 3.58. The molecule has 0 aliphatic heterocycles. The second kappa shape index (κ2) is 5.51. The molecule has 1 fully saturated rings. The molecule has 1 aromatic rings. The number of nitrogens with zero attached hydrogens (tertiary/aromatic N) is 2. The van der Waals surface area contributed by atoms with Crippen molar-refractivity contribution in [3.63, 3.8) is 0 Å². The van der Waals surface area contributed by atoms with Crippen LogP contribution in [-0.2, 0) is 11.8 Å². The average Bonchev–Trinajstić information content (AvgIpc) is 3.18. The Kier molecular flexibility index (Phi) is 4.00. The van der Waals surface area contributed by atoms with Crippen LogP contribution in [0.2, 0.25) is 0 Å². The van der Waals surface area contributed by atoms with Crippen LogP contribution in [0.25, 0.3) is 0 Å². The molecular weight excluding hydrogens is 300 g/mol. The van der Waals surface area contributed by atoms with Gasteiger partial charge in [-0.2, -0.15) is 5.10 Å². The Balaban J connectivity index is 1.81. The van der Waals surface area contributed by atoms with Gasteiger partial charge in [0, 0.05) is 26.1 Å². The number of carbonyl (C=O) groups is 1. The Morgan fingerprint density at radius 2 is 2.28 bits per heavy atom. The topological polar surface area (TPSA) is 76.0 Å². The number of carbonyl (C=O) groups excluding carboxylic acids is 1. The molecule has 1 heterocycles. The van der Waals surface area contributed by atoms with Crippen molar-refractivity contribution in [1.29, 1.82) is 0 Å². The Labute approximate surface area is 113 Å². The highest BCUT2D eigenvalue weighted by molar-refractivity contribution is 9.10. The molecular formula is C11H15BrN4O2. The summed E-state index contributed by atoms with van der Waals surface area (Å²) < 4.78 is 1.71. The van der Waals surface area contributed by atoms with Gasteiger partial charge in [-0.15, -0.1) is 0 Å². The highest BCUT2D eigenvalue weighted by Gasteiger charge is 2.28. The number of rotatable bonds is 5. The molecule has 0 bridgehead atoms. The highest BCUT2D eigenvalue weighted by atomic mass is 79.9. The van der Waals surface area contributed by atoms with Crippen LogP contribution in [0.4, 0.5) is 5.69 Å². The third kappa shape index (κ3) is 3.10. The van der Waals surface area contributed by atoms with E-state index in [1.165, 1.54) is 4.68 Å². The lowest BCUT2D eigenvalue weighted by Crippen LogP contribution is -2.30. The van der Waals surface area contributed by atoms with Crippen LogP contribution in [0, 0.1) is 5.92 Å². The monoisotopic (exact) mass is 314 g/mol. The molecule has 2 N–H and O–H groups in total. The van der Waals surface area contributed by atoms with E-state index in [1.807, 2.05) is 0 Å². The van der Waals surface area contributed by atoms with Gasteiger partial charge in [0.2, 0.25) is 5.91 Å². The molecule has 1 aliphatic rings. The maximum atomic E-state index is 11.6. The zero-order valence-corrected chi connectivity index (χ0v) is 11.7. The van der Waals surface area contributed by atoms with E-state index >= 15 is 0 Å². The minimum absolute atomic E-state index is 0.123. The number of hydrogen-bond donors (Lipinski definition) is 2. The van der Waals surface area contributed by atoms with E-state index in [-0.39, 0.29) is 17.4 Å². The fourth-order valence-corrected chi connectivity index (χ4v) is 2.01. The van der Waals surface area contributed by atoms with E-state index in [9.17, 15) is 9.59 Å². The molecule has 1 amide bonds. The molecule has 0 atom stereocenters. The first kappa shape index (κ1) is 13.1. The van der Waals surface area contributed by atoms with Crippen molar-refractivity contribution in [3.8, 4) is 0 Å². The summed E-state index contributed by atoms with van der Waals surface area (Å²) in [6.45, 7) is 1.10. The molecule has 0 aromatic carbocycles. The third-order valence-electron chi connectivity index (χ3n) is 2.77. The van der Waals surface area contributed by atoms with Crippen LogP contribution in [-0.4, -0.2) is 28.8 Å². The SMILES string of the molecule is Cn1ncc(NCCNC(=O)C2CC2)c(Br)c1=O. The van der Waals surface area contributed by atoms with E-state index < -0.39 is 0 Å². The fourth-order valence-electron chi connectivity index (χ4n) is 1.51. The normalized spacial score (nSPS) is 14.3. The summed E-state index contributed by atoms with van der Waals surface area (Å²) in [6, 6.07) is 0. The smallest absolute Gasteiger partial charge is 0.282 e. The van der Waals surface area contributed by atoms with Gasteiger partial charge in [0.25, 0.3) is 5.56 Å². The van der Waals surface area contributed by atoms with Crippen molar-refractivity contribution < 1.29 is 4.79 Å². The number of amides is 1. The molecule has 2 rings (SSSR count). The maximum Gasteiger partial charge on any atom is 0.282 e. The van der Waals surface area contributed by atoms with Crippen LogP contribution in [0.5, 0.6) is 0 Å². The van der Waals surface area contributed by atoms with Gasteiger partial charge in [-0.1, -0.05) is 0 Å². The Bertz CT molecular complexity index is 510. The van der Waals surface area contributed by atoms with Gasteiger partial charge in [0.05, 0.1) is 11.9 Å². The van der Waals surface area contributed by atoms with Crippen LogP contribution in [0.1, 0.15) is 12.8 Å². The van der Waals surface area contributed by atoms with E-state index in [4.69, 9.17) is 0 Å². The lowest BCUT2D eigenvalue weighted by Gasteiger charge is -2.09. The lowest BCUT2D eigenvalue weighted by atomic mass is 10.4. The second-order valence-corrected chi connectivity index (χ2v) is 5.09. The van der Waals surface area contributed by atoms with Crippen molar-refractivity contribution >= 4 is 27.5 Å². The van der Waals surface area contributed by atoms with E-state index in [0.717, 1.165) is 12.8 Å². The zero-order valence-electron chi connectivity index (χ0n) is 10.1. The molecule has 0 unspecified atom stereocenters. The first-order valence-electron chi connectivity index (χ1n) is 5.83. The molecule has 18 heavy (non-hydrogen) atoms. The molecule has 7 heteroatoms. The van der Waals surface area contributed by atoms with E-state index in [2.05, 4.69) is 31.7 Å². The van der Waals surface area contributed by atoms with Gasteiger partial charge < -0.3 is 10.6 Å². The molecule has 6 nitrogen and oxygen atoms in total. The standard InChI is InChI=1S/C11H15BrN4O2/c1-16-11(18)9(12)8(6-15-16)13-4-5-14-10(17)7-2-3-7/h6-7,13H,2-5H2,1H3,(H,14,17). The Morgan fingerprint density at radius 1 is 1.56 bits per heavy atom. The van der Waals surface area contributed by atoms with Crippen molar-refractivity contribution in [2.75, 3.05) is 18.4 Å². The summed E-state index contributed by atoms with van der Waals surface area (Å²) in [5.41, 5.74) is 0.445. The highest BCUT2D eigenvalue weighted by Crippen LogP contribution is 2.28. The van der Waals surface area contributed by atoms with Crippen molar-refractivity contribution in [3.05, 3.63) is 21.0 Å². The van der Waals surface area contributed by atoms with Gasteiger partial charge in [0.1, 0.15) is 4.47 Å². The van der Waals surface area contributed by atoms with Gasteiger partial charge >= 0.3 is 0 Å². The Morgan fingerprint density at radius 3 is 2.94 bits per heavy atom. The first-order valence-corrected chi connectivity index (χ1v) is 6.62. The number of aromatic nitrogens is 2. The predicted octanol–water partition coefficient (Wildman–Crippen LogP) is 0.481. The average molecular weight is 315 g/mol. The Hall–Kier alpha value is -1.37. The quantitative estimate of drug-likeness (QED) is 0.775. The molecule has 1 aliphatic carbocycles. The van der Waals surface area contributed by atoms with E-state index in [0.29, 0.717) is 23.2 Å². The zero-order chi connectivity index (χ0) is 13.1. The van der Waals surface area contributed by atoms with Crippen LogP contribution in [0.15, 0.2) is 15.5 Å². The summed E-state index contributed by atoms with van der Waals surface area (Å²) in [7, 11) is 1.59. The predicted molar refractivity (Wildman–Crippen MR) is 71.4 cm³/mol. The molecule has 1 saturated carbocycles. The van der Waals surface area contributed by atoms with Crippen molar-refractivity contribution in [2.24, 2.45) is 13.0 Å². The lowest BCUT2D eigenvalue weighted by molar-refractivity contribution is -0.122. The molecule has 0 spiro atoms. The largest absolute Gasteiger partial charge is 0.381 e. The summed E-state index contributed by atoms with van der Waals surface area (Å²) in [5.74, 6) is 0.348. The van der Waals surface area contributed by atoms with Crippen LogP contribution >= 0.6 is 15.9 Å². The van der Waals surface area contributed by atoms with Gasteiger partial charge in [-0.05, 0) is 28.8 Å². The minimum Gasteiger partial charge on any atom is -0.381 e. The molecule has 98 valence electrons. The van der Waals surface area contributed by atoms with Gasteiger partial charge in [0.15, 0.2) is 0 Å². The number of aryl methyl sites for hydroxylation is 1. The van der Waals surface area contributed by atoms with Gasteiger partial charge in [-0.25, -0.2) is 4.68 Å². The van der Waals surface area contributed by atoms with Crippen LogP contribution in [0.3, 0.4) is 0 Å². The second-order valence-electron chi connectivity index (χ2n) is 4.29. The number of halogens is 1. The first-order chi connectivity index (χ1) is 8.59. The third-order valence-corrected chi connectivity index (χ3v) is 3.53. The minimum atomic E-state index is -0.193. The van der Waals surface area contributed by atoms with Crippen molar-refractivity contribution in [2.45, 2.75) is 12.8 Å². The maximum absolute atomic E-state index is 11.6. The molecule has 1 aromatic heterocycles. The van der Waals surface area contributed by atoms with Crippen molar-refractivity contribution in [1.82, 2.24) is 15.1 Å². The number of nitrogens with one attached hydrogen (secondary N) is 2. The molecule has 0 saturated heterocycles. The number of hydrogen-bond acceptors (Lipinski definition) is 4. The summed E-state index contributed by atoms with van der Waals surface area (Å²) in [4.78, 5) is 22.9. The summed E-state index contributed by atoms with van der Waals surface area (Å²) >= 11 is 3.22. The number of anilines is 1. The van der Waals surface area contributed by atoms with Crippen LogP contribution < -0.4 is 16.2 Å². The molecule has 0 radical (unpaired) electrons. The van der Waals surface area contributed by atoms with E-state index in [1.54, 1.807) is 13.2 Å². The van der Waals surface area contributed by atoms with Gasteiger partial charge in [-0.3, -0.25) is 9.59 Å². The fraction of sp³-hybridized carbons (Fsp3) is 0.545.